The zero-order chi connectivity index (χ0) is 12.3. The van der Waals surface area contributed by atoms with Crippen LogP contribution in [0.2, 0.25) is 0 Å². The van der Waals surface area contributed by atoms with Crippen LogP contribution in [-0.2, 0) is 4.79 Å². The molecule has 0 aromatic heterocycles. The van der Waals surface area contributed by atoms with Gasteiger partial charge in [0, 0.05) is 6.21 Å². The van der Waals surface area contributed by atoms with Crippen molar-refractivity contribution in [3.8, 4) is 0 Å². The van der Waals surface area contributed by atoms with Crippen molar-refractivity contribution >= 4 is 12.1 Å². The third kappa shape index (κ3) is 2.53. The Labute approximate surface area is 99.7 Å². The Morgan fingerprint density at radius 2 is 2.12 bits per heavy atom. The van der Waals surface area contributed by atoms with Crippen molar-refractivity contribution in [1.29, 1.82) is 0 Å². The van der Waals surface area contributed by atoms with Crippen LogP contribution in [0.15, 0.2) is 46.7 Å². The molecule has 1 amide bonds. The van der Waals surface area contributed by atoms with Gasteiger partial charge in [-0.25, -0.2) is 0 Å². The topological polar surface area (TPSA) is 61.7 Å². The highest BCUT2D eigenvalue weighted by molar-refractivity contribution is 6.14. The molecule has 0 radical (unpaired) electrons. The minimum absolute atomic E-state index is 0.0371. The molecule has 4 heteroatoms. The maximum absolute atomic E-state index is 11.3. The number of benzene rings is 1. The third-order valence-electron chi connectivity index (χ3n) is 2.68. The Balaban J connectivity index is 2.12. The van der Waals surface area contributed by atoms with Crippen molar-refractivity contribution in [1.82, 2.24) is 5.32 Å². The van der Waals surface area contributed by atoms with E-state index in [4.69, 9.17) is 0 Å². The molecule has 1 aliphatic heterocycles. The van der Waals surface area contributed by atoms with Crippen LogP contribution in [0.3, 0.4) is 0 Å². The summed E-state index contributed by atoms with van der Waals surface area (Å²) in [5.74, 6) is -0.217. The second kappa shape index (κ2) is 4.82. The summed E-state index contributed by atoms with van der Waals surface area (Å²) in [6.45, 7) is 2.14. The maximum Gasteiger partial charge on any atom is 0.256 e. The number of amides is 1. The summed E-state index contributed by atoms with van der Waals surface area (Å²) in [5.41, 5.74) is 1.33. The zero-order valence-electron chi connectivity index (χ0n) is 9.55. The van der Waals surface area contributed by atoms with E-state index in [-0.39, 0.29) is 29.8 Å². The number of carbonyl (C=O) groups is 1. The van der Waals surface area contributed by atoms with Gasteiger partial charge in [0.1, 0.15) is 5.76 Å². The summed E-state index contributed by atoms with van der Waals surface area (Å²) in [6.07, 6.45) is 1.44. The number of hydrogen-bond donors (Lipinski definition) is 2. The van der Waals surface area contributed by atoms with Gasteiger partial charge in [0.2, 0.25) is 0 Å². The molecule has 1 aliphatic rings. The molecule has 17 heavy (non-hydrogen) atoms. The Morgan fingerprint density at radius 1 is 1.41 bits per heavy atom. The number of aliphatic hydroxyl groups is 1. The van der Waals surface area contributed by atoms with Crippen LogP contribution in [0.5, 0.6) is 0 Å². The number of nitrogens with zero attached hydrogens (tertiary/aromatic N) is 1. The van der Waals surface area contributed by atoms with Gasteiger partial charge in [-0.2, -0.15) is 0 Å². The number of nitrogens with one attached hydrogen (secondary N) is 1. The molecule has 0 fully saturated rings. The predicted molar refractivity (Wildman–Crippen MR) is 66.0 cm³/mol. The summed E-state index contributed by atoms with van der Waals surface area (Å²) in [5, 5.41) is 12.0. The van der Waals surface area contributed by atoms with Crippen LogP contribution in [-0.4, -0.2) is 23.8 Å². The second-order valence-corrected chi connectivity index (χ2v) is 3.91. The first-order chi connectivity index (χ1) is 8.18. The lowest BCUT2D eigenvalue weighted by Crippen LogP contribution is -2.17. The van der Waals surface area contributed by atoms with Crippen molar-refractivity contribution in [2.45, 2.75) is 13.0 Å². The normalized spacial score (nSPS) is 17.6. The fourth-order valence-electron chi connectivity index (χ4n) is 1.62. The van der Waals surface area contributed by atoms with E-state index in [0.717, 1.165) is 5.56 Å². The molecule has 1 aromatic rings. The summed E-state index contributed by atoms with van der Waals surface area (Å²) in [4.78, 5) is 15.6. The Morgan fingerprint density at radius 3 is 2.71 bits per heavy atom. The van der Waals surface area contributed by atoms with Crippen molar-refractivity contribution in [3.05, 3.63) is 47.2 Å². The largest absolute Gasteiger partial charge is 0.510 e. The van der Waals surface area contributed by atoms with Gasteiger partial charge in [-0.3, -0.25) is 9.79 Å². The van der Waals surface area contributed by atoms with Gasteiger partial charge < -0.3 is 10.4 Å². The summed E-state index contributed by atoms with van der Waals surface area (Å²) < 4.78 is 0. The molecule has 2 N–H and O–H groups in total. The van der Waals surface area contributed by atoms with Crippen molar-refractivity contribution in [2.75, 3.05) is 6.54 Å². The molecule has 0 unspecified atom stereocenters. The van der Waals surface area contributed by atoms with Gasteiger partial charge in [0.25, 0.3) is 5.91 Å². The molecule has 2 rings (SSSR count). The Bertz CT molecular complexity index is 477. The highest BCUT2D eigenvalue weighted by Gasteiger charge is 2.20. The monoisotopic (exact) mass is 230 g/mol. The van der Waals surface area contributed by atoms with Crippen LogP contribution in [0.4, 0.5) is 0 Å². The van der Waals surface area contributed by atoms with E-state index in [1.54, 1.807) is 0 Å². The maximum atomic E-state index is 11.3. The van der Waals surface area contributed by atoms with Crippen LogP contribution in [0.1, 0.15) is 18.5 Å². The smallest absolute Gasteiger partial charge is 0.256 e. The minimum atomic E-state index is -0.272. The molecular formula is C13H14N2O2. The highest BCUT2D eigenvalue weighted by atomic mass is 16.3. The summed E-state index contributed by atoms with van der Waals surface area (Å²) >= 11 is 0. The average Bonchev–Trinajstić information content (AvgIpc) is 2.67. The predicted octanol–water partition coefficient (Wildman–Crippen LogP) is 1.76. The van der Waals surface area contributed by atoms with E-state index in [1.165, 1.54) is 6.21 Å². The van der Waals surface area contributed by atoms with Gasteiger partial charge >= 0.3 is 0 Å². The van der Waals surface area contributed by atoms with Gasteiger partial charge in [0.05, 0.1) is 18.2 Å². The van der Waals surface area contributed by atoms with Crippen molar-refractivity contribution < 1.29 is 9.90 Å². The molecule has 1 aromatic carbocycles. The zero-order valence-corrected chi connectivity index (χ0v) is 9.55. The lowest BCUT2D eigenvalue weighted by atomic mass is 10.1. The van der Waals surface area contributed by atoms with E-state index in [2.05, 4.69) is 10.3 Å². The number of carbonyl (C=O) groups excluding carboxylic acids is 1. The van der Waals surface area contributed by atoms with Crippen molar-refractivity contribution in [2.24, 2.45) is 4.99 Å². The molecule has 1 atom stereocenters. The minimum Gasteiger partial charge on any atom is -0.510 e. The van der Waals surface area contributed by atoms with Gasteiger partial charge in [-0.15, -0.1) is 0 Å². The molecule has 0 aliphatic carbocycles. The Hall–Kier alpha value is -2.10. The SMILES string of the molecule is C[C@H](N=CC1=C(O)CNC1=O)c1ccccc1. The first kappa shape index (κ1) is 11.4. The summed E-state index contributed by atoms with van der Waals surface area (Å²) in [6, 6.07) is 9.75. The van der Waals surface area contributed by atoms with E-state index in [0.29, 0.717) is 0 Å². The molecule has 0 bridgehead atoms. The molecule has 0 spiro atoms. The average molecular weight is 230 g/mol. The molecule has 4 nitrogen and oxygen atoms in total. The van der Waals surface area contributed by atoms with Gasteiger partial charge in [0.15, 0.2) is 0 Å². The lowest BCUT2D eigenvalue weighted by Gasteiger charge is -2.05. The van der Waals surface area contributed by atoms with Crippen LogP contribution in [0.25, 0.3) is 0 Å². The molecule has 1 heterocycles. The van der Waals surface area contributed by atoms with E-state index < -0.39 is 0 Å². The fraction of sp³-hybridized carbons (Fsp3) is 0.231. The second-order valence-electron chi connectivity index (χ2n) is 3.91. The van der Waals surface area contributed by atoms with Crippen molar-refractivity contribution in [3.63, 3.8) is 0 Å². The number of rotatable bonds is 3. The molecule has 0 saturated heterocycles. The molecule has 0 saturated carbocycles. The van der Waals surface area contributed by atoms with E-state index in [9.17, 15) is 9.90 Å². The van der Waals surface area contributed by atoms with Crippen LogP contribution < -0.4 is 5.32 Å². The van der Waals surface area contributed by atoms with Gasteiger partial charge in [-0.1, -0.05) is 30.3 Å². The number of aliphatic imine (C=N–C) groups is 1. The number of aliphatic hydroxyl groups excluding tert-OH is 1. The highest BCUT2D eigenvalue weighted by Crippen LogP contribution is 2.16. The fourth-order valence-corrected chi connectivity index (χ4v) is 1.62. The summed E-state index contributed by atoms with van der Waals surface area (Å²) in [7, 11) is 0. The molecule has 88 valence electrons. The Kier molecular flexibility index (Phi) is 3.23. The third-order valence-corrected chi connectivity index (χ3v) is 2.68. The van der Waals surface area contributed by atoms with Gasteiger partial charge in [-0.05, 0) is 12.5 Å². The van der Waals surface area contributed by atoms with Crippen LogP contribution >= 0.6 is 0 Å². The number of hydrogen-bond acceptors (Lipinski definition) is 3. The molecular weight excluding hydrogens is 216 g/mol. The van der Waals surface area contributed by atoms with E-state index >= 15 is 0 Å². The quantitative estimate of drug-likeness (QED) is 0.777. The first-order valence-electron chi connectivity index (χ1n) is 5.47. The lowest BCUT2D eigenvalue weighted by molar-refractivity contribution is -0.116. The van der Waals surface area contributed by atoms with E-state index in [1.807, 2.05) is 37.3 Å². The van der Waals surface area contributed by atoms with Crippen LogP contribution in [0, 0.1) is 0 Å². The standard InChI is InChI=1S/C13H14N2O2/c1-9(10-5-3-2-4-6-10)14-7-11-12(16)8-15-13(11)17/h2-7,9,16H,8H2,1H3,(H,15,17)/t9-/m0/s1. The first-order valence-corrected chi connectivity index (χ1v) is 5.47.